The van der Waals surface area contributed by atoms with E-state index >= 15 is 0 Å². The summed E-state index contributed by atoms with van der Waals surface area (Å²) >= 11 is 0. The van der Waals surface area contributed by atoms with Crippen molar-refractivity contribution in [1.82, 2.24) is 8.97 Å². The number of rotatable bonds is 6. The second kappa shape index (κ2) is 12.9. The fourth-order valence-electron chi connectivity index (χ4n) is 9.50. The van der Waals surface area contributed by atoms with E-state index in [1.54, 1.807) is 0 Å². The third-order valence-corrected chi connectivity index (χ3v) is 12.2. The lowest BCUT2D eigenvalue weighted by Gasteiger charge is -2.11. The van der Waals surface area contributed by atoms with E-state index in [0.29, 0.717) is 11.2 Å². The van der Waals surface area contributed by atoms with Crippen molar-refractivity contribution in [3.8, 4) is 22.3 Å². The van der Waals surface area contributed by atoms with Crippen molar-refractivity contribution in [3.63, 3.8) is 0 Å². The third kappa shape index (κ3) is 4.93. The van der Waals surface area contributed by atoms with E-state index < -0.39 is 0 Å². The van der Waals surface area contributed by atoms with Gasteiger partial charge in [-0.2, -0.15) is 0 Å². The fraction of sp³-hybridized carbons (Fsp3) is 0.0364. The molecular formula is C55H37N3O. The van der Waals surface area contributed by atoms with Gasteiger partial charge < -0.3 is 8.82 Å². The number of aromatic nitrogens is 2. The van der Waals surface area contributed by atoms with Gasteiger partial charge in [-0.05, 0) is 70.6 Å². The average molecular weight is 756 g/mol. The smallest absolute Gasteiger partial charge is 0.182 e. The summed E-state index contributed by atoms with van der Waals surface area (Å²) in [6, 6.07) is 65.1. The second-order valence-corrected chi connectivity index (χ2v) is 15.4. The van der Waals surface area contributed by atoms with Crippen LogP contribution < -0.4 is 10.6 Å². The first-order valence-electron chi connectivity index (χ1n) is 20.3. The number of hydrogen-bond acceptors (Lipinski definition) is 2. The maximum Gasteiger partial charge on any atom is 0.182 e. The summed E-state index contributed by atoms with van der Waals surface area (Å²) in [5.41, 5.74) is 14.0. The Kier molecular flexibility index (Phi) is 7.32. The maximum absolute atomic E-state index is 6.85. The summed E-state index contributed by atoms with van der Waals surface area (Å²) in [4.78, 5) is 5.66. The Morgan fingerprint density at radius 1 is 0.508 bits per heavy atom. The fourth-order valence-corrected chi connectivity index (χ4v) is 9.50. The van der Waals surface area contributed by atoms with E-state index in [-0.39, 0.29) is 0 Å². The van der Waals surface area contributed by atoms with Crippen LogP contribution in [-0.2, 0) is 0 Å². The normalized spacial score (nSPS) is 13.0. The molecule has 0 fully saturated rings. The lowest BCUT2D eigenvalue weighted by molar-refractivity contribution is 0.568. The molecule has 4 nitrogen and oxygen atoms in total. The Labute approximate surface area is 339 Å². The van der Waals surface area contributed by atoms with Gasteiger partial charge in [0.15, 0.2) is 11.2 Å². The van der Waals surface area contributed by atoms with Crippen LogP contribution in [0.5, 0.6) is 0 Å². The van der Waals surface area contributed by atoms with Gasteiger partial charge in [0.2, 0.25) is 0 Å². The zero-order valence-corrected chi connectivity index (χ0v) is 32.5. The highest BCUT2D eigenvalue weighted by Gasteiger charge is 2.26. The van der Waals surface area contributed by atoms with Gasteiger partial charge in [0.25, 0.3) is 0 Å². The SMILES string of the molecule is C=c1/c(=C(\N=C(/CC)c2ccccc2)n2c3ccc(-c4ccccc4)cc3c3c4c5ccccc5n5c6cc(-c7ccccc7)ccc6c(cc32)c45)oc2ccccc12. The van der Waals surface area contributed by atoms with Crippen LogP contribution in [0.2, 0.25) is 0 Å². The number of nitrogens with zero attached hydrogens (tertiary/aromatic N) is 3. The molecule has 278 valence electrons. The van der Waals surface area contributed by atoms with Gasteiger partial charge in [-0.15, -0.1) is 0 Å². The van der Waals surface area contributed by atoms with Gasteiger partial charge >= 0.3 is 0 Å². The molecule has 59 heavy (non-hydrogen) atoms. The van der Waals surface area contributed by atoms with Gasteiger partial charge in [0.05, 0.1) is 27.6 Å². The highest BCUT2D eigenvalue weighted by molar-refractivity contribution is 6.36. The van der Waals surface area contributed by atoms with Gasteiger partial charge in [0, 0.05) is 48.6 Å². The van der Waals surface area contributed by atoms with Crippen molar-refractivity contribution in [2.45, 2.75) is 13.3 Å². The molecule has 0 aliphatic rings. The zero-order valence-electron chi connectivity index (χ0n) is 32.5. The van der Waals surface area contributed by atoms with Crippen molar-refractivity contribution in [2.24, 2.45) is 4.99 Å². The maximum atomic E-state index is 6.85. The van der Waals surface area contributed by atoms with Crippen molar-refractivity contribution >= 4 is 89.0 Å². The predicted molar refractivity (Wildman–Crippen MR) is 248 cm³/mol. The Morgan fingerprint density at radius 3 is 1.88 bits per heavy atom. The molecule has 0 atom stereocenters. The van der Waals surface area contributed by atoms with E-state index in [1.165, 1.54) is 60.2 Å². The summed E-state index contributed by atoms with van der Waals surface area (Å²) in [6.45, 7) is 6.82. The summed E-state index contributed by atoms with van der Waals surface area (Å²) in [6.07, 6.45) is 0.732. The first-order chi connectivity index (χ1) is 29.2. The Balaban J connectivity index is 1.31. The third-order valence-electron chi connectivity index (χ3n) is 12.2. The molecule has 0 saturated carbocycles. The summed E-state index contributed by atoms with van der Waals surface area (Å²) < 4.78 is 11.7. The van der Waals surface area contributed by atoms with Gasteiger partial charge in [0.1, 0.15) is 5.58 Å². The molecule has 0 saturated heterocycles. The number of aliphatic imine (C=N–C) groups is 1. The molecule has 4 heterocycles. The van der Waals surface area contributed by atoms with Crippen molar-refractivity contribution in [3.05, 3.63) is 198 Å². The van der Waals surface area contributed by atoms with Crippen LogP contribution in [0.15, 0.2) is 191 Å². The molecule has 0 aliphatic heterocycles. The van der Waals surface area contributed by atoms with Crippen LogP contribution >= 0.6 is 0 Å². The van der Waals surface area contributed by atoms with Crippen LogP contribution in [0, 0.1) is 0 Å². The number of benzene rings is 8. The minimum absolute atomic E-state index is 0.658. The quantitative estimate of drug-likeness (QED) is 0.156. The minimum atomic E-state index is 0.658. The van der Waals surface area contributed by atoms with E-state index in [4.69, 9.17) is 9.41 Å². The molecule has 0 radical (unpaired) electrons. The zero-order chi connectivity index (χ0) is 39.2. The highest BCUT2D eigenvalue weighted by Crippen LogP contribution is 2.47. The molecule has 4 heteroatoms. The Bertz CT molecular complexity index is 3760. The second-order valence-electron chi connectivity index (χ2n) is 15.4. The van der Waals surface area contributed by atoms with Gasteiger partial charge in [-0.25, -0.2) is 4.99 Å². The molecule has 4 aromatic heterocycles. The first kappa shape index (κ1) is 33.4. The van der Waals surface area contributed by atoms with E-state index in [1.807, 2.05) is 18.2 Å². The summed E-state index contributed by atoms with van der Waals surface area (Å²) in [5, 5.41) is 9.02. The number of hydrogen-bond donors (Lipinski definition) is 0. The standard InChI is InChI=1S/C55H37N3O/c1-3-45(37-21-11-6-12-22-37)56-55(54-34(2)40-23-14-16-26-50(40)59-54)58-47-30-28-38(35-17-7-4-8-18-35)31-44(47)51-49(58)33-43-41-29-27-39(36-19-9-5-10-20-36)32-48(41)57-46-25-15-13-24-42(46)52(51)53(43)57/h4-33H,2-3H2,1H3/b55-54-,56-45+. The molecule has 12 aromatic rings. The average Bonchev–Trinajstić information content (AvgIpc) is 4.02. The summed E-state index contributed by atoms with van der Waals surface area (Å²) in [7, 11) is 0. The van der Waals surface area contributed by atoms with Crippen LogP contribution in [0.1, 0.15) is 18.9 Å². The number of para-hydroxylation sites is 2. The molecular weight excluding hydrogens is 719 g/mol. The molecule has 0 spiro atoms. The molecule has 0 amide bonds. The first-order valence-corrected chi connectivity index (χ1v) is 20.3. The summed E-state index contributed by atoms with van der Waals surface area (Å²) in [5.74, 6) is 0.715. The minimum Gasteiger partial charge on any atom is -0.452 e. The van der Waals surface area contributed by atoms with Gasteiger partial charge in [-0.1, -0.05) is 159 Å². The highest BCUT2D eigenvalue weighted by atomic mass is 16.3. The van der Waals surface area contributed by atoms with Crippen LogP contribution in [0.4, 0.5) is 0 Å². The van der Waals surface area contributed by atoms with Crippen LogP contribution in [0.3, 0.4) is 0 Å². The largest absolute Gasteiger partial charge is 0.452 e. The molecule has 0 unspecified atom stereocenters. The molecule has 0 bridgehead atoms. The monoisotopic (exact) mass is 755 g/mol. The van der Waals surface area contributed by atoms with E-state index in [9.17, 15) is 0 Å². The van der Waals surface area contributed by atoms with E-state index in [0.717, 1.165) is 55.9 Å². The molecule has 8 aromatic carbocycles. The van der Waals surface area contributed by atoms with Crippen LogP contribution in [-0.4, -0.2) is 14.7 Å². The van der Waals surface area contributed by atoms with E-state index in [2.05, 4.69) is 186 Å². The van der Waals surface area contributed by atoms with Gasteiger partial charge in [-0.3, -0.25) is 4.57 Å². The molecule has 0 aliphatic carbocycles. The lowest BCUT2D eigenvalue weighted by atomic mass is 9.99. The van der Waals surface area contributed by atoms with Crippen molar-refractivity contribution in [1.29, 1.82) is 0 Å². The number of furan rings is 1. The lowest BCUT2D eigenvalue weighted by Crippen LogP contribution is -2.24. The number of fused-ring (bicyclic) bond motifs is 11. The molecule has 12 rings (SSSR count). The Hall–Kier alpha value is -7.69. The predicted octanol–water partition coefficient (Wildman–Crippen LogP) is 12.9. The van der Waals surface area contributed by atoms with Crippen molar-refractivity contribution < 1.29 is 4.42 Å². The molecule has 0 N–H and O–H groups in total. The topological polar surface area (TPSA) is 34.8 Å². The Morgan fingerprint density at radius 2 is 1.15 bits per heavy atom. The van der Waals surface area contributed by atoms with Crippen molar-refractivity contribution in [2.75, 3.05) is 0 Å². The van der Waals surface area contributed by atoms with Crippen LogP contribution in [0.25, 0.3) is 106 Å².